The molecule has 0 aromatic carbocycles. The van der Waals surface area contributed by atoms with Crippen molar-refractivity contribution in [1.82, 2.24) is 5.32 Å². The minimum absolute atomic E-state index is 0.165. The van der Waals surface area contributed by atoms with Crippen LogP contribution in [-0.2, 0) is 4.79 Å². The summed E-state index contributed by atoms with van der Waals surface area (Å²) in [6.45, 7) is 1.93. The Morgan fingerprint density at radius 3 is 2.65 bits per heavy atom. The van der Waals surface area contributed by atoms with Gasteiger partial charge in [-0.3, -0.25) is 9.59 Å². The molecule has 1 aromatic rings. The van der Waals surface area contributed by atoms with E-state index >= 15 is 0 Å². The van der Waals surface area contributed by atoms with Gasteiger partial charge >= 0.3 is 5.97 Å². The van der Waals surface area contributed by atoms with E-state index in [0.29, 0.717) is 11.3 Å². The Hall–Kier alpha value is -0.880. The monoisotopic (exact) mass is 359 g/mol. The van der Waals surface area contributed by atoms with E-state index < -0.39 is 11.9 Å². The van der Waals surface area contributed by atoms with Crippen molar-refractivity contribution in [2.24, 2.45) is 5.92 Å². The van der Waals surface area contributed by atoms with Crippen molar-refractivity contribution in [1.29, 1.82) is 0 Å². The number of carbonyl (C=O) groups is 2. The molecule has 0 saturated heterocycles. The van der Waals surface area contributed by atoms with Crippen molar-refractivity contribution >= 4 is 39.1 Å². The van der Waals surface area contributed by atoms with E-state index in [2.05, 4.69) is 21.2 Å². The highest BCUT2D eigenvalue weighted by molar-refractivity contribution is 9.11. The summed E-state index contributed by atoms with van der Waals surface area (Å²) in [5, 5.41) is 12.2. The van der Waals surface area contributed by atoms with Crippen LogP contribution < -0.4 is 5.32 Å². The molecule has 2 unspecified atom stereocenters. The minimum Gasteiger partial charge on any atom is -0.481 e. The summed E-state index contributed by atoms with van der Waals surface area (Å²) in [6, 6.07) is 1.57. The molecule has 2 rings (SSSR count). The van der Waals surface area contributed by atoms with Gasteiger partial charge < -0.3 is 10.4 Å². The molecule has 1 aliphatic carbocycles. The minimum atomic E-state index is -0.805. The number of hydrogen-bond acceptors (Lipinski definition) is 3. The molecule has 0 bridgehead atoms. The third-order valence-electron chi connectivity index (χ3n) is 3.73. The van der Waals surface area contributed by atoms with E-state index in [4.69, 9.17) is 0 Å². The first-order valence-electron chi connectivity index (χ1n) is 6.78. The Balaban J connectivity index is 2.09. The van der Waals surface area contributed by atoms with Crippen LogP contribution >= 0.6 is 27.3 Å². The topological polar surface area (TPSA) is 66.4 Å². The van der Waals surface area contributed by atoms with E-state index in [9.17, 15) is 14.7 Å². The predicted octanol–water partition coefficient (Wildman–Crippen LogP) is 3.58. The van der Waals surface area contributed by atoms with Gasteiger partial charge in [0, 0.05) is 6.04 Å². The maximum atomic E-state index is 12.2. The number of amides is 1. The summed E-state index contributed by atoms with van der Waals surface area (Å²) in [7, 11) is 0. The molecule has 0 aliphatic heterocycles. The van der Waals surface area contributed by atoms with Crippen LogP contribution in [0.5, 0.6) is 0 Å². The molecule has 1 fully saturated rings. The standard InChI is InChI=1S/C14H18BrNO3S/c1-8-7-11(20-12(8)15)13(17)16-10-6-4-2-3-5-9(10)14(18)19/h7,9-10H,2-6H2,1H3,(H,16,17)(H,18,19). The lowest BCUT2D eigenvalue weighted by atomic mass is 9.95. The van der Waals surface area contributed by atoms with Gasteiger partial charge in [-0.1, -0.05) is 19.3 Å². The van der Waals surface area contributed by atoms with Gasteiger partial charge in [0.15, 0.2) is 0 Å². The predicted molar refractivity (Wildman–Crippen MR) is 82.2 cm³/mol. The van der Waals surface area contributed by atoms with Crippen LogP contribution in [0.3, 0.4) is 0 Å². The van der Waals surface area contributed by atoms with Gasteiger partial charge in [0.25, 0.3) is 5.91 Å². The first-order valence-corrected chi connectivity index (χ1v) is 8.39. The van der Waals surface area contributed by atoms with E-state index in [0.717, 1.165) is 35.0 Å². The fraction of sp³-hybridized carbons (Fsp3) is 0.571. The molecule has 6 heteroatoms. The molecule has 1 aromatic heterocycles. The SMILES string of the molecule is Cc1cc(C(=O)NC2CCCCCC2C(=O)O)sc1Br. The van der Waals surface area contributed by atoms with Crippen LogP contribution in [0, 0.1) is 12.8 Å². The molecule has 1 saturated carbocycles. The Morgan fingerprint density at radius 1 is 1.35 bits per heavy atom. The first-order chi connectivity index (χ1) is 9.49. The van der Waals surface area contributed by atoms with Gasteiger partial charge in [0.1, 0.15) is 0 Å². The molecule has 110 valence electrons. The van der Waals surface area contributed by atoms with Crippen molar-refractivity contribution < 1.29 is 14.7 Å². The Bertz CT molecular complexity index is 495. The zero-order chi connectivity index (χ0) is 14.7. The summed E-state index contributed by atoms with van der Waals surface area (Å²) in [5.41, 5.74) is 1.02. The molecule has 2 atom stereocenters. The van der Waals surface area contributed by atoms with Gasteiger partial charge in [-0.05, 0) is 47.3 Å². The zero-order valence-corrected chi connectivity index (χ0v) is 13.7. The average molecular weight is 360 g/mol. The molecule has 20 heavy (non-hydrogen) atoms. The zero-order valence-electron chi connectivity index (χ0n) is 11.3. The third-order valence-corrected chi connectivity index (χ3v) is 5.87. The van der Waals surface area contributed by atoms with E-state index in [1.807, 2.05) is 13.0 Å². The molecular formula is C14H18BrNO3S. The number of carboxylic acid groups (broad SMARTS) is 1. The van der Waals surface area contributed by atoms with Crippen LogP contribution in [-0.4, -0.2) is 23.0 Å². The number of hydrogen-bond donors (Lipinski definition) is 2. The highest BCUT2D eigenvalue weighted by Crippen LogP contribution is 2.28. The number of rotatable bonds is 3. The van der Waals surface area contributed by atoms with Crippen molar-refractivity contribution in [2.75, 3.05) is 0 Å². The number of aliphatic carboxylic acids is 1. The number of nitrogens with one attached hydrogen (secondary N) is 1. The highest BCUT2D eigenvalue weighted by Gasteiger charge is 2.31. The summed E-state index contributed by atoms with van der Waals surface area (Å²) in [6.07, 6.45) is 4.33. The smallest absolute Gasteiger partial charge is 0.308 e. The van der Waals surface area contributed by atoms with Crippen LogP contribution in [0.1, 0.15) is 47.3 Å². The molecular weight excluding hydrogens is 342 g/mol. The van der Waals surface area contributed by atoms with Gasteiger partial charge in [0.2, 0.25) is 0 Å². The number of halogens is 1. The Labute approximate surface area is 130 Å². The molecule has 0 spiro atoms. The number of carboxylic acids is 1. The van der Waals surface area contributed by atoms with Crippen molar-refractivity contribution in [2.45, 2.75) is 45.1 Å². The second kappa shape index (κ2) is 6.72. The Morgan fingerprint density at radius 2 is 2.05 bits per heavy atom. The van der Waals surface area contributed by atoms with Crippen LogP contribution in [0.2, 0.25) is 0 Å². The summed E-state index contributed by atoms with van der Waals surface area (Å²) in [5.74, 6) is -1.44. The molecule has 4 nitrogen and oxygen atoms in total. The lowest BCUT2D eigenvalue weighted by Gasteiger charge is -2.22. The van der Waals surface area contributed by atoms with Crippen molar-refractivity contribution in [3.8, 4) is 0 Å². The lowest BCUT2D eigenvalue weighted by molar-refractivity contribution is -0.142. The first kappa shape index (κ1) is 15.5. The Kier molecular flexibility index (Phi) is 5.21. The average Bonchev–Trinajstić information content (AvgIpc) is 2.62. The number of carbonyl (C=O) groups excluding carboxylic acids is 1. The second-order valence-corrected chi connectivity index (χ2v) is 7.60. The molecule has 0 radical (unpaired) electrons. The maximum Gasteiger partial charge on any atom is 0.308 e. The normalized spacial score (nSPS) is 23.1. The summed E-state index contributed by atoms with van der Waals surface area (Å²) in [4.78, 5) is 24.2. The van der Waals surface area contributed by atoms with Crippen molar-refractivity contribution in [3.63, 3.8) is 0 Å². The fourth-order valence-electron chi connectivity index (χ4n) is 2.59. The van der Waals surface area contributed by atoms with Crippen molar-refractivity contribution in [3.05, 3.63) is 20.3 Å². The number of thiophene rings is 1. The lowest BCUT2D eigenvalue weighted by Crippen LogP contribution is -2.42. The molecule has 2 N–H and O–H groups in total. The summed E-state index contributed by atoms with van der Waals surface area (Å²) >= 11 is 4.78. The molecule has 1 heterocycles. The van der Waals surface area contributed by atoms with Crippen LogP contribution in [0.25, 0.3) is 0 Å². The van der Waals surface area contributed by atoms with Gasteiger partial charge in [-0.25, -0.2) is 0 Å². The maximum absolute atomic E-state index is 12.2. The second-order valence-electron chi connectivity index (χ2n) is 5.23. The van der Waals surface area contributed by atoms with E-state index in [-0.39, 0.29) is 11.9 Å². The van der Waals surface area contributed by atoms with Gasteiger partial charge in [-0.2, -0.15) is 0 Å². The van der Waals surface area contributed by atoms with Gasteiger partial charge in [-0.15, -0.1) is 11.3 Å². The third kappa shape index (κ3) is 3.61. The largest absolute Gasteiger partial charge is 0.481 e. The molecule has 1 aliphatic rings. The number of aryl methyl sites for hydroxylation is 1. The van der Waals surface area contributed by atoms with Gasteiger partial charge in [0.05, 0.1) is 14.6 Å². The van der Waals surface area contributed by atoms with Crippen LogP contribution in [0.4, 0.5) is 0 Å². The highest BCUT2D eigenvalue weighted by atomic mass is 79.9. The van der Waals surface area contributed by atoms with Crippen LogP contribution in [0.15, 0.2) is 9.85 Å². The van der Waals surface area contributed by atoms with E-state index in [1.165, 1.54) is 11.3 Å². The molecule has 1 amide bonds. The van der Waals surface area contributed by atoms with E-state index in [1.54, 1.807) is 0 Å². The fourth-order valence-corrected chi connectivity index (χ4v) is 4.03. The summed E-state index contributed by atoms with van der Waals surface area (Å²) < 4.78 is 0.943. The quantitative estimate of drug-likeness (QED) is 0.810.